The van der Waals surface area contributed by atoms with Crippen LogP contribution < -0.4 is 9.64 Å². The lowest BCUT2D eigenvalue weighted by molar-refractivity contribution is -0.117. The molecule has 2 rings (SSSR count). The number of ether oxygens (including phenoxy) is 1. The predicted molar refractivity (Wildman–Crippen MR) is 85.8 cm³/mol. The molecule has 0 saturated carbocycles. The van der Waals surface area contributed by atoms with Crippen LogP contribution in [0.5, 0.6) is 5.75 Å². The number of amides is 1. The van der Waals surface area contributed by atoms with E-state index in [-0.39, 0.29) is 30.5 Å². The average Bonchev–Trinajstić information content (AvgIpc) is 2.66. The number of benzene rings is 1. The number of halogens is 3. The fourth-order valence-electron chi connectivity index (χ4n) is 2.36. The molecule has 116 valence electrons. The van der Waals surface area contributed by atoms with E-state index >= 15 is 0 Å². The van der Waals surface area contributed by atoms with Gasteiger partial charge in [0.2, 0.25) is 15.0 Å². The number of hydrogen-bond acceptors (Lipinski definition) is 4. The highest BCUT2D eigenvalue weighted by molar-refractivity contribution is 9.10. The van der Waals surface area contributed by atoms with E-state index in [9.17, 15) is 13.2 Å². The topological polar surface area (TPSA) is 63.7 Å². The van der Waals surface area contributed by atoms with Gasteiger partial charge in [0.05, 0.1) is 23.0 Å². The van der Waals surface area contributed by atoms with Gasteiger partial charge in [-0.2, -0.15) is 0 Å². The van der Waals surface area contributed by atoms with E-state index < -0.39 is 9.05 Å². The molecule has 1 amide bonds. The number of nitrogens with zero attached hydrogens (tertiary/aromatic N) is 1. The van der Waals surface area contributed by atoms with Crippen LogP contribution in [0.2, 0.25) is 5.02 Å². The van der Waals surface area contributed by atoms with Gasteiger partial charge < -0.3 is 9.64 Å². The van der Waals surface area contributed by atoms with Gasteiger partial charge in [-0.1, -0.05) is 11.6 Å². The molecule has 0 spiro atoms. The van der Waals surface area contributed by atoms with E-state index in [4.69, 9.17) is 27.0 Å². The van der Waals surface area contributed by atoms with Crippen LogP contribution in [0.25, 0.3) is 0 Å². The molecule has 0 aliphatic carbocycles. The molecule has 0 bridgehead atoms. The Kier molecular flexibility index (Phi) is 5.07. The first-order valence-corrected chi connectivity index (χ1v) is 9.62. The summed E-state index contributed by atoms with van der Waals surface area (Å²) in [5.41, 5.74) is 0.511. The highest BCUT2D eigenvalue weighted by atomic mass is 79.9. The Morgan fingerprint density at radius 3 is 2.71 bits per heavy atom. The van der Waals surface area contributed by atoms with Crippen LogP contribution in [-0.2, 0) is 13.8 Å². The summed E-state index contributed by atoms with van der Waals surface area (Å²) in [6.07, 6.45) is 0.124. The molecule has 1 fully saturated rings. The third kappa shape index (κ3) is 4.03. The Bertz CT molecular complexity index is 680. The molecule has 5 nitrogen and oxygen atoms in total. The van der Waals surface area contributed by atoms with E-state index in [1.165, 1.54) is 12.0 Å². The Hall–Kier alpha value is -0.500. The molecule has 1 aromatic carbocycles. The second kappa shape index (κ2) is 6.32. The average molecular weight is 417 g/mol. The lowest BCUT2D eigenvalue weighted by atomic mass is 10.1. The Labute approximate surface area is 140 Å². The molecule has 21 heavy (non-hydrogen) atoms. The zero-order valence-corrected chi connectivity index (χ0v) is 14.9. The Morgan fingerprint density at radius 1 is 1.48 bits per heavy atom. The first kappa shape index (κ1) is 16.9. The molecular weight excluding hydrogens is 405 g/mol. The minimum atomic E-state index is -3.64. The van der Waals surface area contributed by atoms with Crippen molar-refractivity contribution in [3.05, 3.63) is 21.6 Å². The van der Waals surface area contributed by atoms with Gasteiger partial charge in [-0.25, -0.2) is 8.42 Å². The van der Waals surface area contributed by atoms with Gasteiger partial charge in [0.25, 0.3) is 0 Å². The van der Waals surface area contributed by atoms with Gasteiger partial charge in [-0.15, -0.1) is 0 Å². The minimum Gasteiger partial charge on any atom is -0.493 e. The first-order valence-electron chi connectivity index (χ1n) is 5.97. The molecule has 1 aliphatic heterocycles. The Morgan fingerprint density at radius 2 is 2.14 bits per heavy atom. The van der Waals surface area contributed by atoms with Crippen molar-refractivity contribution in [3.63, 3.8) is 0 Å². The van der Waals surface area contributed by atoms with Gasteiger partial charge in [0, 0.05) is 34.6 Å². The van der Waals surface area contributed by atoms with Gasteiger partial charge in [0.15, 0.2) is 5.75 Å². The monoisotopic (exact) mass is 415 g/mol. The molecule has 0 N–H and O–H groups in total. The summed E-state index contributed by atoms with van der Waals surface area (Å²) < 4.78 is 28.2. The highest BCUT2D eigenvalue weighted by Crippen LogP contribution is 2.41. The lowest BCUT2D eigenvalue weighted by Crippen LogP contribution is -2.26. The van der Waals surface area contributed by atoms with Crippen LogP contribution >= 0.6 is 38.2 Å². The number of rotatable bonds is 4. The summed E-state index contributed by atoms with van der Waals surface area (Å²) in [7, 11) is 3.10. The zero-order chi connectivity index (χ0) is 15.8. The standard InChI is InChI=1S/C12H12BrCl2NO4S/c1-20-12-9(13)3-8(14)4-10(12)16-5-7(2-11(16)17)6-21(15,18)19/h3-4,7H,2,5-6H2,1H3. The van der Waals surface area contributed by atoms with E-state index in [0.29, 0.717) is 20.9 Å². The maximum absolute atomic E-state index is 12.1. The fraction of sp³-hybridized carbons (Fsp3) is 0.417. The van der Waals surface area contributed by atoms with E-state index in [0.717, 1.165) is 0 Å². The number of carbonyl (C=O) groups excluding carboxylic acids is 1. The molecule has 1 atom stereocenters. The molecule has 0 radical (unpaired) electrons. The van der Waals surface area contributed by atoms with Crippen LogP contribution in [0, 0.1) is 5.92 Å². The molecule has 1 unspecified atom stereocenters. The number of carbonyl (C=O) groups is 1. The van der Waals surface area contributed by atoms with Crippen molar-refractivity contribution in [2.45, 2.75) is 6.42 Å². The van der Waals surface area contributed by atoms with Gasteiger partial charge in [-0.3, -0.25) is 4.79 Å². The van der Waals surface area contributed by atoms with E-state index in [1.54, 1.807) is 12.1 Å². The summed E-state index contributed by atoms with van der Waals surface area (Å²) in [6.45, 7) is 0.258. The van der Waals surface area contributed by atoms with Crippen molar-refractivity contribution in [2.75, 3.05) is 24.3 Å². The lowest BCUT2D eigenvalue weighted by Gasteiger charge is -2.20. The van der Waals surface area contributed by atoms with Gasteiger partial charge >= 0.3 is 0 Å². The van der Waals surface area contributed by atoms with Crippen LogP contribution in [-0.4, -0.2) is 33.7 Å². The third-order valence-electron chi connectivity index (χ3n) is 3.12. The fourth-order valence-corrected chi connectivity index (χ4v) is 4.63. The summed E-state index contributed by atoms with van der Waals surface area (Å²) in [5.74, 6) is -0.293. The third-order valence-corrected chi connectivity index (χ3v) is 5.18. The Balaban J connectivity index is 2.33. The predicted octanol–water partition coefficient (Wildman–Crippen LogP) is 3.03. The largest absolute Gasteiger partial charge is 0.493 e. The van der Waals surface area contributed by atoms with Crippen molar-refractivity contribution in [1.82, 2.24) is 0 Å². The number of hydrogen-bond donors (Lipinski definition) is 0. The molecule has 9 heteroatoms. The van der Waals surface area contributed by atoms with Crippen LogP contribution in [0.3, 0.4) is 0 Å². The van der Waals surface area contributed by atoms with Crippen molar-refractivity contribution in [2.24, 2.45) is 5.92 Å². The zero-order valence-electron chi connectivity index (χ0n) is 11.0. The van der Waals surface area contributed by atoms with Crippen molar-refractivity contribution < 1.29 is 17.9 Å². The summed E-state index contributed by atoms with van der Waals surface area (Å²) in [5, 5.41) is 0.443. The molecule has 1 heterocycles. The first-order chi connectivity index (χ1) is 9.71. The van der Waals surface area contributed by atoms with Crippen molar-refractivity contribution in [3.8, 4) is 5.75 Å². The normalized spacial score (nSPS) is 19.1. The molecular formula is C12H12BrCl2NO4S. The van der Waals surface area contributed by atoms with Crippen LogP contribution in [0.1, 0.15) is 6.42 Å². The molecule has 1 aromatic rings. The second-order valence-corrected chi connectivity index (χ2v) is 8.83. The maximum atomic E-state index is 12.1. The quantitative estimate of drug-likeness (QED) is 0.707. The molecule has 1 aliphatic rings. The van der Waals surface area contributed by atoms with Crippen LogP contribution in [0.4, 0.5) is 5.69 Å². The number of anilines is 1. The van der Waals surface area contributed by atoms with Crippen molar-refractivity contribution in [1.29, 1.82) is 0 Å². The van der Waals surface area contributed by atoms with Crippen LogP contribution in [0.15, 0.2) is 16.6 Å². The summed E-state index contributed by atoms with van der Waals surface area (Å²) in [6, 6.07) is 3.27. The summed E-state index contributed by atoms with van der Waals surface area (Å²) in [4.78, 5) is 13.6. The number of methoxy groups -OCH3 is 1. The molecule has 1 saturated heterocycles. The minimum absolute atomic E-state index is 0.124. The molecule has 0 aromatic heterocycles. The van der Waals surface area contributed by atoms with E-state index in [1.807, 2.05) is 0 Å². The highest BCUT2D eigenvalue weighted by Gasteiger charge is 2.35. The summed E-state index contributed by atoms with van der Waals surface area (Å²) >= 11 is 9.33. The second-order valence-electron chi connectivity index (χ2n) is 4.72. The van der Waals surface area contributed by atoms with Gasteiger partial charge in [0.1, 0.15) is 0 Å². The maximum Gasteiger partial charge on any atom is 0.232 e. The smallest absolute Gasteiger partial charge is 0.232 e. The van der Waals surface area contributed by atoms with E-state index in [2.05, 4.69) is 15.9 Å². The SMILES string of the molecule is COc1c(Br)cc(Cl)cc1N1CC(CS(=O)(=O)Cl)CC1=O. The van der Waals surface area contributed by atoms with Crippen molar-refractivity contribution >= 4 is 58.9 Å². The van der Waals surface area contributed by atoms with Gasteiger partial charge in [-0.05, 0) is 28.1 Å².